The quantitative estimate of drug-likeness (QED) is 0.212. The van der Waals surface area contributed by atoms with Crippen molar-refractivity contribution in [2.45, 2.75) is 33.6 Å². The third kappa shape index (κ3) is 8.49. The van der Waals surface area contributed by atoms with Crippen LogP contribution in [-0.2, 0) is 6.42 Å². The zero-order valence-corrected chi connectivity index (χ0v) is 21.9. The van der Waals surface area contributed by atoms with Gasteiger partial charge in [-0.1, -0.05) is 0 Å². The first-order valence-corrected chi connectivity index (χ1v) is 11.7. The van der Waals surface area contributed by atoms with E-state index in [4.69, 9.17) is 4.99 Å². The first-order chi connectivity index (χ1) is 14.7. The van der Waals surface area contributed by atoms with Crippen LogP contribution in [-0.4, -0.2) is 78.2 Å². The molecule has 8 nitrogen and oxygen atoms in total. The molecule has 1 aliphatic heterocycles. The van der Waals surface area contributed by atoms with Crippen LogP contribution in [0, 0.1) is 13.8 Å². The second-order valence-electron chi connectivity index (χ2n) is 7.42. The fourth-order valence-corrected chi connectivity index (χ4v) is 4.32. The van der Waals surface area contributed by atoms with Crippen molar-refractivity contribution in [3.63, 3.8) is 0 Å². The Hall–Kier alpha value is -1.53. The fourth-order valence-electron chi connectivity index (χ4n) is 3.39. The Kier molecular flexibility index (Phi) is 11.4. The summed E-state index contributed by atoms with van der Waals surface area (Å²) in [5.74, 6) is 1.74. The molecule has 31 heavy (non-hydrogen) atoms. The zero-order chi connectivity index (χ0) is 21.2. The lowest BCUT2D eigenvalue weighted by Gasteiger charge is -2.34. The van der Waals surface area contributed by atoms with Gasteiger partial charge in [-0.15, -0.1) is 35.3 Å². The van der Waals surface area contributed by atoms with E-state index in [1.807, 2.05) is 18.5 Å². The molecule has 0 aromatic carbocycles. The Morgan fingerprint density at radius 3 is 2.52 bits per heavy atom. The molecule has 2 aromatic heterocycles. The molecule has 0 amide bonds. The molecule has 0 spiro atoms. The van der Waals surface area contributed by atoms with Crippen LogP contribution in [0.2, 0.25) is 0 Å². The van der Waals surface area contributed by atoms with Crippen molar-refractivity contribution in [2.24, 2.45) is 4.99 Å². The summed E-state index contributed by atoms with van der Waals surface area (Å²) in [6.45, 7) is 14.0. The summed E-state index contributed by atoms with van der Waals surface area (Å²) in [5.41, 5.74) is 1.15. The maximum Gasteiger partial charge on any atom is 0.225 e. The number of hydrogen-bond donors (Lipinski definition) is 2. The Morgan fingerprint density at radius 1 is 1.13 bits per heavy atom. The molecule has 1 saturated heterocycles. The second-order valence-corrected chi connectivity index (χ2v) is 8.71. The lowest BCUT2D eigenvalue weighted by molar-refractivity contribution is 0.255. The minimum atomic E-state index is 0. The van der Waals surface area contributed by atoms with E-state index in [1.54, 1.807) is 11.3 Å². The summed E-state index contributed by atoms with van der Waals surface area (Å²) in [6, 6.07) is 1.86. The van der Waals surface area contributed by atoms with Gasteiger partial charge in [0.05, 0.1) is 10.7 Å². The highest BCUT2D eigenvalue weighted by atomic mass is 127. The molecule has 0 aliphatic carbocycles. The Morgan fingerprint density at radius 2 is 1.87 bits per heavy atom. The summed E-state index contributed by atoms with van der Waals surface area (Å²) in [4.78, 5) is 24.1. The van der Waals surface area contributed by atoms with E-state index < -0.39 is 0 Å². The summed E-state index contributed by atoms with van der Waals surface area (Å²) in [7, 11) is 0. The topological polar surface area (TPSA) is 81.6 Å². The van der Waals surface area contributed by atoms with E-state index in [9.17, 15) is 0 Å². The Balaban J connectivity index is 0.00000341. The van der Waals surface area contributed by atoms with Crippen LogP contribution in [0.15, 0.2) is 23.5 Å². The molecule has 0 unspecified atom stereocenters. The van der Waals surface area contributed by atoms with Gasteiger partial charge in [0.2, 0.25) is 5.95 Å². The summed E-state index contributed by atoms with van der Waals surface area (Å²) in [6.07, 6.45) is 5.60. The van der Waals surface area contributed by atoms with Crippen molar-refractivity contribution >= 4 is 47.2 Å². The summed E-state index contributed by atoms with van der Waals surface area (Å²) in [5, 5.41) is 7.96. The van der Waals surface area contributed by atoms with Gasteiger partial charge >= 0.3 is 0 Å². The average molecular weight is 559 g/mol. The minimum Gasteiger partial charge on any atom is -0.357 e. The molecule has 10 heteroatoms. The lowest BCUT2D eigenvalue weighted by atomic mass is 10.3. The number of thiazole rings is 1. The molecule has 0 radical (unpaired) electrons. The standard InChI is InChI=1S/C21H34N8S.HI/c1-4-22-20(24-11-7-19-27-17(2)18(3)30-19)23-10-6-12-28-13-15-29(16-14-28)21-25-8-5-9-26-21;/h5,8-9H,4,6-7,10-16H2,1-3H3,(H2,22,23,24);1H. The van der Waals surface area contributed by atoms with Crippen LogP contribution in [0.5, 0.6) is 0 Å². The van der Waals surface area contributed by atoms with Gasteiger partial charge in [0, 0.05) is 76.0 Å². The number of anilines is 1. The molecule has 3 rings (SSSR count). The van der Waals surface area contributed by atoms with E-state index >= 15 is 0 Å². The van der Waals surface area contributed by atoms with Gasteiger partial charge in [-0.25, -0.2) is 15.0 Å². The van der Waals surface area contributed by atoms with Gasteiger partial charge in [0.25, 0.3) is 0 Å². The van der Waals surface area contributed by atoms with Crippen LogP contribution in [0.4, 0.5) is 5.95 Å². The average Bonchev–Trinajstić information content (AvgIpc) is 3.09. The molecule has 2 aromatic rings. The first-order valence-electron chi connectivity index (χ1n) is 10.8. The van der Waals surface area contributed by atoms with Gasteiger partial charge in [0.15, 0.2) is 5.96 Å². The summed E-state index contributed by atoms with van der Waals surface area (Å²) < 4.78 is 0. The van der Waals surface area contributed by atoms with Gasteiger partial charge in [0.1, 0.15) is 0 Å². The van der Waals surface area contributed by atoms with E-state index in [-0.39, 0.29) is 24.0 Å². The van der Waals surface area contributed by atoms with Gasteiger partial charge in [-0.2, -0.15) is 0 Å². The van der Waals surface area contributed by atoms with Gasteiger partial charge < -0.3 is 15.5 Å². The number of aromatic nitrogens is 3. The van der Waals surface area contributed by atoms with E-state index in [2.05, 4.69) is 56.2 Å². The van der Waals surface area contributed by atoms with Crippen molar-refractivity contribution in [3.05, 3.63) is 34.0 Å². The largest absolute Gasteiger partial charge is 0.357 e. The van der Waals surface area contributed by atoms with Crippen LogP contribution < -0.4 is 15.5 Å². The number of rotatable bonds is 9. The minimum absolute atomic E-state index is 0. The number of aryl methyl sites for hydroxylation is 2. The number of halogens is 1. The number of piperazine rings is 1. The smallest absolute Gasteiger partial charge is 0.225 e. The van der Waals surface area contributed by atoms with Gasteiger partial charge in [-0.05, 0) is 33.3 Å². The maximum absolute atomic E-state index is 4.73. The van der Waals surface area contributed by atoms with E-state index in [1.165, 1.54) is 9.88 Å². The van der Waals surface area contributed by atoms with Crippen molar-refractivity contribution in [2.75, 3.05) is 57.3 Å². The first kappa shape index (κ1) is 25.7. The molecule has 1 aliphatic rings. The van der Waals surface area contributed by atoms with Crippen LogP contribution in [0.3, 0.4) is 0 Å². The second kappa shape index (κ2) is 13.8. The molecule has 3 heterocycles. The number of nitrogens with zero attached hydrogens (tertiary/aromatic N) is 6. The molecule has 2 N–H and O–H groups in total. The number of nitrogens with one attached hydrogen (secondary N) is 2. The van der Waals surface area contributed by atoms with Crippen molar-refractivity contribution in [3.8, 4) is 0 Å². The van der Waals surface area contributed by atoms with E-state index in [0.29, 0.717) is 0 Å². The number of guanidine groups is 1. The lowest BCUT2D eigenvalue weighted by Crippen LogP contribution is -2.47. The summed E-state index contributed by atoms with van der Waals surface area (Å²) >= 11 is 1.79. The van der Waals surface area contributed by atoms with E-state index in [0.717, 1.165) is 82.8 Å². The molecular formula is C21H35IN8S. The molecule has 1 fully saturated rings. The van der Waals surface area contributed by atoms with Gasteiger partial charge in [-0.3, -0.25) is 9.89 Å². The fraction of sp³-hybridized carbons (Fsp3) is 0.619. The third-order valence-electron chi connectivity index (χ3n) is 5.16. The normalized spacial score (nSPS) is 14.9. The predicted molar refractivity (Wildman–Crippen MR) is 140 cm³/mol. The number of hydrogen-bond acceptors (Lipinski definition) is 7. The monoisotopic (exact) mass is 558 g/mol. The molecule has 0 saturated carbocycles. The molecule has 172 valence electrons. The zero-order valence-electron chi connectivity index (χ0n) is 18.8. The van der Waals surface area contributed by atoms with Crippen LogP contribution in [0.1, 0.15) is 28.9 Å². The predicted octanol–water partition coefficient (Wildman–Crippen LogP) is 2.48. The van der Waals surface area contributed by atoms with Crippen LogP contribution in [0.25, 0.3) is 0 Å². The maximum atomic E-state index is 4.73. The SMILES string of the molecule is CCNC(=NCCCN1CCN(c2ncccn2)CC1)NCCc1nc(C)c(C)s1.I. The highest BCUT2D eigenvalue weighted by Crippen LogP contribution is 2.16. The van der Waals surface area contributed by atoms with Crippen LogP contribution >= 0.6 is 35.3 Å². The molecule has 0 bridgehead atoms. The Bertz CT molecular complexity index is 770. The molecular weight excluding hydrogens is 523 g/mol. The Labute approximate surface area is 207 Å². The molecule has 0 atom stereocenters. The third-order valence-corrected chi connectivity index (χ3v) is 6.29. The van der Waals surface area contributed by atoms with Crippen molar-refractivity contribution < 1.29 is 0 Å². The van der Waals surface area contributed by atoms with Crippen molar-refractivity contribution in [1.82, 2.24) is 30.5 Å². The highest BCUT2D eigenvalue weighted by Gasteiger charge is 2.18. The highest BCUT2D eigenvalue weighted by molar-refractivity contribution is 14.0. The van der Waals surface area contributed by atoms with Crippen molar-refractivity contribution in [1.29, 1.82) is 0 Å². The number of aliphatic imine (C=N–C) groups is 1.